The molecule has 2 rings (SSSR count). The first-order valence-corrected chi connectivity index (χ1v) is 9.86. The van der Waals surface area contributed by atoms with Gasteiger partial charge in [0.2, 0.25) is 5.91 Å². The first-order valence-electron chi connectivity index (χ1n) is 9.32. The third-order valence-electron chi connectivity index (χ3n) is 5.49. The van der Waals surface area contributed by atoms with Crippen LogP contribution in [-0.4, -0.2) is 58.0 Å². The Labute approximate surface area is 173 Å². The molecule has 5 nitrogen and oxygen atoms in total. The summed E-state index contributed by atoms with van der Waals surface area (Å²) in [4.78, 5) is 26.7. The number of likely N-dealkylation sites (tertiary alicyclic amines) is 1. The summed E-state index contributed by atoms with van der Waals surface area (Å²) >= 11 is 5.63. The van der Waals surface area contributed by atoms with Gasteiger partial charge in [-0.25, -0.2) is 4.79 Å². The van der Waals surface area contributed by atoms with E-state index in [2.05, 4.69) is 0 Å². The van der Waals surface area contributed by atoms with E-state index in [1.54, 1.807) is 31.7 Å². The van der Waals surface area contributed by atoms with Gasteiger partial charge in [0.15, 0.2) is 0 Å². The van der Waals surface area contributed by atoms with Crippen LogP contribution in [0, 0.1) is 0 Å². The third kappa shape index (κ3) is 5.35. The van der Waals surface area contributed by atoms with E-state index in [9.17, 15) is 27.9 Å². The monoisotopic (exact) mass is 434 g/mol. The van der Waals surface area contributed by atoms with Crippen LogP contribution in [0.5, 0.6) is 0 Å². The molecule has 1 saturated heterocycles. The highest BCUT2D eigenvalue weighted by atomic mass is 35.5. The summed E-state index contributed by atoms with van der Waals surface area (Å²) in [5.41, 5.74) is -1.91. The number of rotatable bonds is 4. The number of nitrogens with zero attached hydrogens (tertiary/aromatic N) is 2. The summed E-state index contributed by atoms with van der Waals surface area (Å²) < 4.78 is 39.8. The molecule has 1 N–H and O–H groups in total. The van der Waals surface area contributed by atoms with E-state index in [1.807, 2.05) is 0 Å². The standard InChI is InChI=1S/C20H26ClF3N2O3/c1-18(2,3)26(17(28)29)13-19(7-9-25(10-8-19)16(27)12-21)14-5-4-6-15(11-14)20(22,23)24/h4-6,11H,7-10,12-13H2,1-3H3,(H,28,29). The van der Waals surface area contributed by atoms with Crippen LogP contribution in [-0.2, 0) is 16.4 Å². The summed E-state index contributed by atoms with van der Waals surface area (Å²) in [5, 5.41) is 9.73. The van der Waals surface area contributed by atoms with E-state index < -0.39 is 28.8 Å². The zero-order valence-corrected chi connectivity index (χ0v) is 17.5. The number of amides is 2. The lowest BCUT2D eigenvalue weighted by atomic mass is 9.71. The number of carboxylic acid groups (broad SMARTS) is 1. The molecule has 0 saturated carbocycles. The van der Waals surface area contributed by atoms with Crippen molar-refractivity contribution in [3.63, 3.8) is 0 Å². The molecule has 0 aromatic heterocycles. The minimum absolute atomic E-state index is 0.0377. The summed E-state index contributed by atoms with van der Waals surface area (Å²) in [7, 11) is 0. The van der Waals surface area contributed by atoms with Crippen LogP contribution < -0.4 is 0 Å². The molecule has 0 radical (unpaired) electrons. The molecule has 0 unspecified atom stereocenters. The second kappa shape index (κ2) is 8.42. The van der Waals surface area contributed by atoms with Gasteiger partial charge in [0.25, 0.3) is 0 Å². The van der Waals surface area contributed by atoms with E-state index >= 15 is 0 Å². The van der Waals surface area contributed by atoms with Crippen molar-refractivity contribution in [1.82, 2.24) is 9.80 Å². The van der Waals surface area contributed by atoms with Crippen LogP contribution in [0.3, 0.4) is 0 Å². The zero-order valence-electron chi connectivity index (χ0n) is 16.7. The Kier molecular flexibility index (Phi) is 6.77. The van der Waals surface area contributed by atoms with Crippen LogP contribution in [0.4, 0.5) is 18.0 Å². The Balaban J connectivity index is 2.47. The Bertz CT molecular complexity index is 754. The second-order valence-corrected chi connectivity index (χ2v) is 8.68. The number of hydrogen-bond acceptors (Lipinski definition) is 2. The Morgan fingerprint density at radius 3 is 2.24 bits per heavy atom. The molecule has 1 heterocycles. The van der Waals surface area contributed by atoms with Crippen LogP contribution in [0.1, 0.15) is 44.7 Å². The molecule has 0 atom stereocenters. The first-order chi connectivity index (χ1) is 13.3. The number of carbonyl (C=O) groups excluding carboxylic acids is 1. The number of hydrogen-bond donors (Lipinski definition) is 1. The number of halogens is 4. The highest BCUT2D eigenvalue weighted by molar-refractivity contribution is 6.27. The van der Waals surface area contributed by atoms with Gasteiger partial charge >= 0.3 is 12.3 Å². The summed E-state index contributed by atoms with van der Waals surface area (Å²) in [6.45, 7) is 5.88. The lowest BCUT2D eigenvalue weighted by Gasteiger charge is -2.47. The summed E-state index contributed by atoms with van der Waals surface area (Å²) in [6, 6.07) is 5.05. The molecule has 1 aromatic carbocycles. The summed E-state index contributed by atoms with van der Waals surface area (Å²) in [6.07, 6.45) is -4.94. The molecule has 2 amide bonds. The second-order valence-electron chi connectivity index (χ2n) is 8.41. The predicted molar refractivity (Wildman–Crippen MR) is 104 cm³/mol. The van der Waals surface area contributed by atoms with Crippen molar-refractivity contribution < 1.29 is 27.9 Å². The minimum atomic E-state index is -4.50. The molecule has 1 aliphatic rings. The van der Waals surface area contributed by atoms with Gasteiger partial charge in [-0.15, -0.1) is 11.6 Å². The van der Waals surface area contributed by atoms with E-state index in [1.165, 1.54) is 11.0 Å². The fourth-order valence-corrected chi connectivity index (χ4v) is 3.90. The van der Waals surface area contributed by atoms with Crippen molar-refractivity contribution in [2.75, 3.05) is 25.5 Å². The number of carbonyl (C=O) groups is 2. The number of piperidine rings is 1. The average molecular weight is 435 g/mol. The highest BCUT2D eigenvalue weighted by Gasteiger charge is 2.43. The molecular weight excluding hydrogens is 409 g/mol. The Hall–Kier alpha value is -1.96. The van der Waals surface area contributed by atoms with Crippen molar-refractivity contribution in [2.24, 2.45) is 0 Å². The van der Waals surface area contributed by atoms with Crippen LogP contribution in [0.25, 0.3) is 0 Å². The van der Waals surface area contributed by atoms with Gasteiger partial charge in [-0.1, -0.05) is 18.2 Å². The van der Waals surface area contributed by atoms with E-state index in [-0.39, 0.29) is 18.3 Å². The van der Waals surface area contributed by atoms with E-state index in [4.69, 9.17) is 11.6 Å². The number of alkyl halides is 4. The van der Waals surface area contributed by atoms with Gasteiger partial charge in [-0.05, 0) is 45.2 Å². The molecule has 9 heteroatoms. The zero-order chi connectivity index (χ0) is 22.0. The molecule has 0 spiro atoms. The van der Waals surface area contributed by atoms with Crippen LogP contribution in [0.2, 0.25) is 0 Å². The molecule has 1 aliphatic heterocycles. The molecule has 1 aromatic rings. The third-order valence-corrected chi connectivity index (χ3v) is 5.72. The van der Waals surface area contributed by atoms with Crippen molar-refractivity contribution in [3.8, 4) is 0 Å². The van der Waals surface area contributed by atoms with E-state index in [0.717, 1.165) is 12.1 Å². The molecule has 0 bridgehead atoms. The maximum Gasteiger partial charge on any atom is 0.416 e. The quantitative estimate of drug-likeness (QED) is 0.705. The minimum Gasteiger partial charge on any atom is -0.465 e. The van der Waals surface area contributed by atoms with Gasteiger partial charge in [-0.2, -0.15) is 13.2 Å². The van der Waals surface area contributed by atoms with Crippen LogP contribution >= 0.6 is 11.6 Å². The first kappa shape index (κ1) is 23.3. The Morgan fingerprint density at radius 2 is 1.79 bits per heavy atom. The topological polar surface area (TPSA) is 60.9 Å². The molecule has 0 aliphatic carbocycles. The fourth-order valence-electron chi connectivity index (χ4n) is 3.73. The smallest absolute Gasteiger partial charge is 0.416 e. The number of benzene rings is 1. The maximum absolute atomic E-state index is 13.3. The normalized spacial score (nSPS) is 17.1. The highest BCUT2D eigenvalue weighted by Crippen LogP contribution is 2.40. The average Bonchev–Trinajstić information content (AvgIpc) is 2.64. The van der Waals surface area contributed by atoms with Crippen molar-refractivity contribution >= 4 is 23.6 Å². The molecular formula is C20H26ClF3N2O3. The van der Waals surface area contributed by atoms with Crippen molar-refractivity contribution in [2.45, 2.75) is 50.7 Å². The van der Waals surface area contributed by atoms with Crippen LogP contribution in [0.15, 0.2) is 24.3 Å². The van der Waals surface area contributed by atoms with E-state index in [0.29, 0.717) is 31.5 Å². The lowest BCUT2D eigenvalue weighted by Crippen LogP contribution is -2.55. The van der Waals surface area contributed by atoms with Gasteiger partial charge in [0, 0.05) is 30.6 Å². The van der Waals surface area contributed by atoms with Crippen molar-refractivity contribution in [1.29, 1.82) is 0 Å². The van der Waals surface area contributed by atoms with Gasteiger partial charge in [-0.3, -0.25) is 4.79 Å². The largest absolute Gasteiger partial charge is 0.465 e. The van der Waals surface area contributed by atoms with Crippen molar-refractivity contribution in [3.05, 3.63) is 35.4 Å². The fraction of sp³-hybridized carbons (Fsp3) is 0.600. The lowest BCUT2D eigenvalue weighted by molar-refractivity contribution is -0.137. The predicted octanol–water partition coefficient (Wildman–Crippen LogP) is 4.58. The van der Waals surface area contributed by atoms with Gasteiger partial charge in [0.1, 0.15) is 5.88 Å². The summed E-state index contributed by atoms with van der Waals surface area (Å²) in [5.74, 6) is -0.407. The van der Waals surface area contributed by atoms with Gasteiger partial charge < -0.3 is 14.9 Å². The SMILES string of the molecule is CC(C)(C)N(CC1(c2cccc(C(F)(F)F)c2)CCN(C(=O)CCl)CC1)C(=O)O. The molecule has 1 fully saturated rings. The molecule has 162 valence electrons. The van der Waals surface area contributed by atoms with Gasteiger partial charge in [0.05, 0.1) is 5.56 Å². The maximum atomic E-state index is 13.3. The Morgan fingerprint density at radius 1 is 1.21 bits per heavy atom. The molecule has 29 heavy (non-hydrogen) atoms.